The molecule has 0 fully saturated rings. The first-order valence-corrected chi connectivity index (χ1v) is 11.0. The number of methoxy groups -OCH3 is 1. The van der Waals surface area contributed by atoms with Crippen molar-refractivity contribution in [2.75, 3.05) is 12.4 Å². The molecule has 2 amide bonds. The summed E-state index contributed by atoms with van der Waals surface area (Å²) in [6.45, 7) is 3.67. The van der Waals surface area contributed by atoms with Gasteiger partial charge in [0.2, 0.25) is 0 Å². The van der Waals surface area contributed by atoms with Crippen molar-refractivity contribution < 1.29 is 18.7 Å². The number of hydrogen-bond donors (Lipinski definition) is 2. The van der Waals surface area contributed by atoms with Crippen molar-refractivity contribution in [2.24, 2.45) is 5.10 Å². The molecule has 0 radical (unpaired) electrons. The number of ether oxygens (including phenoxy) is 1. The molecule has 1 aliphatic rings. The first-order valence-electron chi connectivity index (χ1n) is 10.6. The maximum atomic E-state index is 13.0. The molecule has 3 aromatic rings. The summed E-state index contributed by atoms with van der Waals surface area (Å²) in [6, 6.07) is 12.2. The zero-order valence-electron chi connectivity index (χ0n) is 18.6. The van der Waals surface area contributed by atoms with Gasteiger partial charge in [-0.1, -0.05) is 23.7 Å². The minimum atomic E-state index is -0.355. The molecule has 0 unspecified atom stereocenters. The van der Waals surface area contributed by atoms with Crippen LogP contribution in [-0.4, -0.2) is 24.6 Å². The molecule has 170 valence electrons. The van der Waals surface area contributed by atoms with Crippen molar-refractivity contribution >= 4 is 34.8 Å². The van der Waals surface area contributed by atoms with Crippen LogP contribution in [0.3, 0.4) is 0 Å². The van der Waals surface area contributed by atoms with Crippen molar-refractivity contribution in [1.29, 1.82) is 0 Å². The minimum absolute atomic E-state index is 0.230. The van der Waals surface area contributed by atoms with Crippen LogP contribution in [0.5, 0.6) is 5.75 Å². The molecular weight excluding hydrogens is 442 g/mol. The third-order valence-corrected chi connectivity index (χ3v) is 6.08. The molecule has 8 heteroatoms. The Bertz CT molecular complexity index is 1260. The summed E-state index contributed by atoms with van der Waals surface area (Å²) in [7, 11) is 1.55. The normalized spacial score (nSPS) is 14.0. The Morgan fingerprint density at radius 3 is 2.64 bits per heavy atom. The van der Waals surface area contributed by atoms with Crippen LogP contribution >= 0.6 is 11.6 Å². The summed E-state index contributed by atoms with van der Waals surface area (Å²) < 4.78 is 11.1. The van der Waals surface area contributed by atoms with Crippen LogP contribution in [-0.2, 0) is 6.42 Å². The molecule has 1 aromatic heterocycles. The van der Waals surface area contributed by atoms with E-state index in [4.69, 9.17) is 20.8 Å². The number of fused-ring (bicyclic) bond motifs is 1. The van der Waals surface area contributed by atoms with E-state index in [2.05, 4.69) is 15.8 Å². The Kier molecular flexibility index (Phi) is 6.51. The second-order valence-corrected chi connectivity index (χ2v) is 8.21. The molecule has 1 aliphatic carbocycles. The molecule has 0 bridgehead atoms. The molecule has 0 atom stereocenters. The van der Waals surface area contributed by atoms with Gasteiger partial charge < -0.3 is 14.5 Å². The van der Waals surface area contributed by atoms with E-state index in [0.29, 0.717) is 51.9 Å². The lowest BCUT2D eigenvalue weighted by Gasteiger charge is -2.13. The molecule has 0 spiro atoms. The Hall–Kier alpha value is -3.58. The van der Waals surface area contributed by atoms with E-state index in [1.807, 2.05) is 13.8 Å². The highest BCUT2D eigenvalue weighted by Crippen LogP contribution is 2.31. The lowest BCUT2D eigenvalue weighted by Crippen LogP contribution is -2.22. The Morgan fingerprint density at radius 2 is 1.85 bits per heavy atom. The monoisotopic (exact) mass is 465 g/mol. The lowest BCUT2D eigenvalue weighted by molar-refractivity contribution is 0.0953. The highest BCUT2D eigenvalue weighted by Gasteiger charge is 2.28. The van der Waals surface area contributed by atoms with E-state index in [-0.39, 0.29) is 17.6 Å². The van der Waals surface area contributed by atoms with Gasteiger partial charge >= 0.3 is 0 Å². The topological polar surface area (TPSA) is 92.9 Å². The number of carbonyl (C=O) groups is 2. The van der Waals surface area contributed by atoms with Crippen LogP contribution in [0.4, 0.5) is 5.69 Å². The molecule has 2 aromatic carbocycles. The molecule has 0 saturated carbocycles. The van der Waals surface area contributed by atoms with Crippen molar-refractivity contribution in [3.05, 3.63) is 81.3 Å². The van der Waals surface area contributed by atoms with Crippen LogP contribution in [0.25, 0.3) is 0 Å². The van der Waals surface area contributed by atoms with Gasteiger partial charge in [0.15, 0.2) is 5.76 Å². The smallest absolute Gasteiger partial charge is 0.291 e. The van der Waals surface area contributed by atoms with Crippen LogP contribution in [0, 0.1) is 13.8 Å². The van der Waals surface area contributed by atoms with Gasteiger partial charge in [0, 0.05) is 33.8 Å². The lowest BCUT2D eigenvalue weighted by atomic mass is 9.93. The predicted octanol–water partition coefficient (Wildman–Crippen LogP) is 5.28. The molecular formula is C25H24ClN3O4. The van der Waals surface area contributed by atoms with E-state index in [1.165, 1.54) is 0 Å². The maximum Gasteiger partial charge on any atom is 0.291 e. The van der Waals surface area contributed by atoms with Gasteiger partial charge in [0.25, 0.3) is 11.8 Å². The number of furan rings is 1. The molecule has 4 rings (SSSR count). The second kappa shape index (κ2) is 9.50. The first-order chi connectivity index (χ1) is 15.9. The number of anilines is 1. The summed E-state index contributed by atoms with van der Waals surface area (Å²) in [5, 5.41) is 7.82. The summed E-state index contributed by atoms with van der Waals surface area (Å²) in [5.74, 6) is 0.817. The number of carbonyl (C=O) groups excluding carboxylic acids is 2. The molecule has 0 aliphatic heterocycles. The number of nitrogens with one attached hydrogen (secondary N) is 2. The largest absolute Gasteiger partial charge is 0.497 e. The summed E-state index contributed by atoms with van der Waals surface area (Å²) in [4.78, 5) is 25.5. The number of rotatable bonds is 5. The van der Waals surface area contributed by atoms with E-state index < -0.39 is 0 Å². The Balaban J connectivity index is 1.57. The number of aryl methyl sites for hydroxylation is 1. The average Bonchev–Trinajstić information content (AvgIpc) is 3.17. The van der Waals surface area contributed by atoms with Crippen molar-refractivity contribution in [2.45, 2.75) is 33.1 Å². The van der Waals surface area contributed by atoms with Gasteiger partial charge in [-0.15, -0.1) is 0 Å². The predicted molar refractivity (Wildman–Crippen MR) is 128 cm³/mol. The van der Waals surface area contributed by atoms with E-state index in [9.17, 15) is 9.59 Å². The average molecular weight is 466 g/mol. The Labute approximate surface area is 196 Å². The fourth-order valence-corrected chi connectivity index (χ4v) is 4.04. The zero-order chi connectivity index (χ0) is 23.5. The SMILES string of the molecule is COc1cccc(C(=O)N/N=C2\CCCc3oc(C(=O)Nc4cccc(Cl)c4C)c(C)c32)c1. The zero-order valence-corrected chi connectivity index (χ0v) is 19.4. The molecule has 0 saturated heterocycles. The minimum Gasteiger partial charge on any atom is -0.497 e. The van der Waals surface area contributed by atoms with Crippen LogP contribution in [0.2, 0.25) is 5.02 Å². The fraction of sp³-hybridized carbons (Fsp3) is 0.240. The van der Waals surface area contributed by atoms with Gasteiger partial charge in [-0.3, -0.25) is 9.59 Å². The van der Waals surface area contributed by atoms with Crippen molar-refractivity contribution in [1.82, 2.24) is 5.43 Å². The number of halogens is 1. The van der Waals surface area contributed by atoms with Crippen LogP contribution in [0.1, 0.15) is 56.2 Å². The van der Waals surface area contributed by atoms with E-state index in [0.717, 1.165) is 17.5 Å². The van der Waals surface area contributed by atoms with Crippen LogP contribution < -0.4 is 15.5 Å². The molecule has 7 nitrogen and oxygen atoms in total. The number of amides is 2. The van der Waals surface area contributed by atoms with Gasteiger partial charge in [0.05, 0.1) is 12.8 Å². The van der Waals surface area contributed by atoms with Gasteiger partial charge in [0.1, 0.15) is 11.5 Å². The summed E-state index contributed by atoms with van der Waals surface area (Å²) >= 11 is 6.17. The third-order valence-electron chi connectivity index (χ3n) is 5.67. The molecule has 33 heavy (non-hydrogen) atoms. The van der Waals surface area contributed by atoms with E-state index in [1.54, 1.807) is 49.6 Å². The van der Waals surface area contributed by atoms with Gasteiger partial charge in [-0.25, -0.2) is 5.43 Å². The molecule has 1 heterocycles. The maximum absolute atomic E-state index is 13.0. The highest BCUT2D eigenvalue weighted by atomic mass is 35.5. The number of nitrogens with zero attached hydrogens (tertiary/aromatic N) is 1. The second-order valence-electron chi connectivity index (χ2n) is 7.81. The fourth-order valence-electron chi connectivity index (χ4n) is 3.87. The number of hydrogen-bond acceptors (Lipinski definition) is 5. The Morgan fingerprint density at radius 1 is 1.06 bits per heavy atom. The van der Waals surface area contributed by atoms with Crippen molar-refractivity contribution in [3.63, 3.8) is 0 Å². The number of hydrazone groups is 1. The summed E-state index contributed by atoms with van der Waals surface area (Å²) in [6.07, 6.45) is 2.17. The van der Waals surface area contributed by atoms with Gasteiger partial charge in [-0.05, 0) is 62.6 Å². The van der Waals surface area contributed by atoms with Crippen LogP contribution in [0.15, 0.2) is 52.0 Å². The first kappa shape index (κ1) is 22.6. The molecule has 2 N–H and O–H groups in total. The van der Waals surface area contributed by atoms with E-state index >= 15 is 0 Å². The number of benzene rings is 2. The van der Waals surface area contributed by atoms with Crippen molar-refractivity contribution in [3.8, 4) is 5.75 Å². The third kappa shape index (κ3) is 4.64. The quantitative estimate of drug-likeness (QED) is 0.501. The highest BCUT2D eigenvalue weighted by molar-refractivity contribution is 6.31. The van der Waals surface area contributed by atoms with Gasteiger partial charge in [-0.2, -0.15) is 5.10 Å². The standard InChI is InChI=1S/C25H24ClN3O4/c1-14-18(26)9-5-10-19(14)27-25(31)23-15(2)22-20(11-6-12-21(22)33-23)28-29-24(30)16-7-4-8-17(13-16)32-3/h4-5,7-10,13H,6,11-12H2,1-3H3,(H,27,31)(H,29,30)/b28-20+. The summed E-state index contributed by atoms with van der Waals surface area (Å²) in [5.41, 5.74) is 6.62.